The maximum Gasteiger partial charge on any atom is 0.296 e. The van der Waals surface area contributed by atoms with Crippen LogP contribution in [0, 0.1) is 11.6 Å². The second kappa shape index (κ2) is 7.86. The molecule has 2 fully saturated rings. The van der Waals surface area contributed by atoms with Gasteiger partial charge in [0.1, 0.15) is 35.8 Å². The Morgan fingerprint density at radius 1 is 1.23 bits per heavy atom. The number of aromatic nitrogens is 3. The van der Waals surface area contributed by atoms with E-state index in [1.165, 1.54) is 18.2 Å². The van der Waals surface area contributed by atoms with Crippen molar-refractivity contribution < 1.29 is 28.1 Å². The summed E-state index contributed by atoms with van der Waals surface area (Å²) in [7, 11) is 0. The van der Waals surface area contributed by atoms with Crippen LogP contribution in [-0.2, 0) is 9.47 Å². The van der Waals surface area contributed by atoms with Gasteiger partial charge in [0, 0.05) is 5.56 Å². The monoisotopic (exact) mass is 452 g/mol. The quantitative estimate of drug-likeness (QED) is 0.547. The zero-order chi connectivity index (χ0) is 21.7. The number of nitrogens with one attached hydrogen (secondary N) is 2. The van der Waals surface area contributed by atoms with Gasteiger partial charge in [-0.1, -0.05) is 17.7 Å². The maximum absolute atomic E-state index is 14.1. The smallest absolute Gasteiger partial charge is 0.296 e. The molecule has 4 heterocycles. The molecule has 5 atom stereocenters. The molecule has 2 aliphatic heterocycles. The van der Waals surface area contributed by atoms with Crippen molar-refractivity contribution in [3.05, 3.63) is 46.5 Å². The molecule has 0 bridgehead atoms. The van der Waals surface area contributed by atoms with Gasteiger partial charge in [0.25, 0.3) is 6.01 Å². The largest absolute Gasteiger partial charge is 0.456 e. The molecule has 0 spiro atoms. The molecule has 8 nitrogen and oxygen atoms in total. The number of hydrogen-bond acceptors (Lipinski definition) is 7. The van der Waals surface area contributed by atoms with E-state index in [4.69, 9.17) is 25.8 Å². The first-order valence-electron chi connectivity index (χ1n) is 9.75. The van der Waals surface area contributed by atoms with E-state index in [2.05, 4.69) is 20.3 Å². The van der Waals surface area contributed by atoms with Gasteiger partial charge in [0.05, 0.1) is 29.8 Å². The lowest BCUT2D eigenvalue weighted by atomic mass is 10.1. The number of hydrogen-bond donors (Lipinski definition) is 3. The van der Waals surface area contributed by atoms with Crippen molar-refractivity contribution in [3.63, 3.8) is 0 Å². The van der Waals surface area contributed by atoms with Crippen LogP contribution in [-0.4, -0.2) is 57.7 Å². The molecule has 0 radical (unpaired) electrons. The Morgan fingerprint density at radius 2 is 1.97 bits per heavy atom. The van der Waals surface area contributed by atoms with Crippen molar-refractivity contribution in [1.82, 2.24) is 15.0 Å². The Balaban J connectivity index is 1.36. The van der Waals surface area contributed by atoms with Gasteiger partial charge in [-0.3, -0.25) is 0 Å². The molecular weight excluding hydrogens is 434 g/mol. The van der Waals surface area contributed by atoms with Gasteiger partial charge in [-0.05, 0) is 25.1 Å². The average Bonchev–Trinajstić information content (AvgIpc) is 3.39. The molecule has 31 heavy (non-hydrogen) atoms. The van der Waals surface area contributed by atoms with Crippen LogP contribution >= 0.6 is 11.6 Å². The fourth-order valence-electron chi connectivity index (χ4n) is 3.94. The number of rotatable bonds is 5. The molecule has 3 aromatic rings. The van der Waals surface area contributed by atoms with Gasteiger partial charge in [-0.15, -0.1) is 0 Å². The molecule has 0 amide bonds. The van der Waals surface area contributed by atoms with Crippen molar-refractivity contribution in [2.45, 2.75) is 37.4 Å². The first-order chi connectivity index (χ1) is 14.9. The van der Waals surface area contributed by atoms with E-state index >= 15 is 0 Å². The van der Waals surface area contributed by atoms with Gasteiger partial charge in [0.15, 0.2) is 11.8 Å². The third-order valence-electron chi connectivity index (χ3n) is 5.44. The fourth-order valence-corrected chi connectivity index (χ4v) is 4.15. The van der Waals surface area contributed by atoms with Crippen LogP contribution < -0.4 is 10.1 Å². The van der Waals surface area contributed by atoms with E-state index in [1.54, 1.807) is 13.0 Å². The predicted molar refractivity (Wildman–Crippen MR) is 107 cm³/mol. The highest BCUT2D eigenvalue weighted by Gasteiger charge is 2.48. The fraction of sp³-hybridized carbons (Fsp3) is 0.400. The van der Waals surface area contributed by atoms with E-state index in [-0.39, 0.29) is 41.7 Å². The summed E-state index contributed by atoms with van der Waals surface area (Å²) in [6, 6.07) is 4.76. The van der Waals surface area contributed by atoms with E-state index in [0.717, 1.165) is 0 Å². The highest BCUT2D eigenvalue weighted by Crippen LogP contribution is 2.32. The number of imidazole rings is 1. The number of nitrogens with zero attached hydrogens (tertiary/aromatic N) is 2. The molecule has 2 aliphatic rings. The average molecular weight is 453 g/mol. The van der Waals surface area contributed by atoms with Crippen LogP contribution in [0.5, 0.6) is 6.01 Å². The lowest BCUT2D eigenvalue weighted by Gasteiger charge is -2.17. The molecular formula is C20H19ClF2N4O4. The standard InChI is InChI=1S/C20H19ClF2N4O4/c1-8(15-10(22)3-2-4-11(15)23)24-18-9(21)5-12-19(26-18)27-20(25-12)31-14-7-30-16-13(28)6-29-17(14)16/h2-5,8,13-14,16-17,28H,6-7H2,1H3,(H2,24,25,26,27)/t8-,13+,14+,16+,17+/m0/s1. The van der Waals surface area contributed by atoms with Crippen LogP contribution in [0.15, 0.2) is 24.3 Å². The minimum atomic E-state index is -0.725. The number of pyridine rings is 1. The van der Waals surface area contributed by atoms with Gasteiger partial charge in [0.2, 0.25) is 0 Å². The first kappa shape index (κ1) is 20.4. The molecule has 3 N–H and O–H groups in total. The summed E-state index contributed by atoms with van der Waals surface area (Å²) >= 11 is 6.31. The Morgan fingerprint density at radius 3 is 2.74 bits per heavy atom. The van der Waals surface area contributed by atoms with Crippen LogP contribution in [0.2, 0.25) is 5.02 Å². The molecule has 0 saturated carbocycles. The van der Waals surface area contributed by atoms with Crippen molar-refractivity contribution in [1.29, 1.82) is 0 Å². The second-order valence-electron chi connectivity index (χ2n) is 7.55. The minimum absolute atomic E-state index is 0.110. The van der Waals surface area contributed by atoms with Crippen molar-refractivity contribution in [3.8, 4) is 6.01 Å². The second-order valence-corrected chi connectivity index (χ2v) is 7.96. The van der Waals surface area contributed by atoms with Crippen molar-refractivity contribution in [2.24, 2.45) is 0 Å². The number of halogens is 3. The Kier molecular flexibility index (Phi) is 5.17. The van der Waals surface area contributed by atoms with E-state index < -0.39 is 36.0 Å². The van der Waals surface area contributed by atoms with E-state index in [1.807, 2.05) is 0 Å². The highest BCUT2D eigenvalue weighted by molar-refractivity contribution is 6.33. The van der Waals surface area contributed by atoms with Crippen LogP contribution in [0.4, 0.5) is 14.6 Å². The van der Waals surface area contributed by atoms with Crippen LogP contribution in [0.25, 0.3) is 11.2 Å². The molecule has 2 aromatic heterocycles. The molecule has 164 valence electrons. The van der Waals surface area contributed by atoms with Gasteiger partial charge in [-0.2, -0.15) is 4.98 Å². The van der Waals surface area contributed by atoms with E-state index in [0.29, 0.717) is 11.2 Å². The minimum Gasteiger partial charge on any atom is -0.456 e. The summed E-state index contributed by atoms with van der Waals surface area (Å²) in [5.41, 5.74) is 0.727. The summed E-state index contributed by atoms with van der Waals surface area (Å²) in [6.07, 6.45) is -1.91. The molecule has 11 heteroatoms. The van der Waals surface area contributed by atoms with Crippen LogP contribution in [0.3, 0.4) is 0 Å². The lowest BCUT2D eigenvalue weighted by molar-refractivity contribution is 0.00706. The van der Waals surface area contributed by atoms with Gasteiger partial charge in [-0.25, -0.2) is 13.8 Å². The summed E-state index contributed by atoms with van der Waals surface area (Å²) in [5.74, 6) is -1.10. The highest BCUT2D eigenvalue weighted by atomic mass is 35.5. The number of benzene rings is 1. The van der Waals surface area contributed by atoms with Gasteiger partial charge < -0.3 is 29.6 Å². The first-order valence-corrected chi connectivity index (χ1v) is 10.1. The summed E-state index contributed by atoms with van der Waals surface area (Å²) in [5, 5.41) is 13.0. The number of fused-ring (bicyclic) bond motifs is 2. The summed E-state index contributed by atoms with van der Waals surface area (Å²) in [4.78, 5) is 11.7. The Bertz CT molecular complexity index is 1110. The normalized spacial score (nSPS) is 26.2. The molecule has 2 saturated heterocycles. The predicted octanol–water partition coefficient (Wildman–Crippen LogP) is 2.97. The number of aliphatic hydroxyl groups is 1. The SMILES string of the molecule is C[C@H](Nc1nc2nc(O[C@@H]3CO[C@H]4[C@@H]3OC[C@H]4O)[nH]c2cc1Cl)c1c(F)cccc1F. The molecule has 0 unspecified atom stereocenters. The zero-order valence-corrected chi connectivity index (χ0v) is 17.1. The number of aromatic amines is 1. The Labute approximate surface area is 180 Å². The zero-order valence-electron chi connectivity index (χ0n) is 16.3. The molecule has 5 rings (SSSR count). The Hall–Kier alpha value is -2.53. The molecule has 1 aromatic carbocycles. The molecule has 0 aliphatic carbocycles. The third kappa shape index (κ3) is 3.69. The van der Waals surface area contributed by atoms with Crippen molar-refractivity contribution >= 4 is 28.6 Å². The number of H-pyrrole nitrogens is 1. The van der Waals surface area contributed by atoms with Crippen molar-refractivity contribution in [2.75, 3.05) is 18.5 Å². The lowest BCUT2D eigenvalue weighted by Crippen LogP contribution is -2.34. The topological polar surface area (TPSA) is 102 Å². The van der Waals surface area contributed by atoms with Crippen LogP contribution in [0.1, 0.15) is 18.5 Å². The summed E-state index contributed by atoms with van der Waals surface area (Å²) in [6.45, 7) is 2.06. The number of anilines is 1. The third-order valence-corrected chi connectivity index (χ3v) is 5.72. The van der Waals surface area contributed by atoms with E-state index in [9.17, 15) is 13.9 Å². The maximum atomic E-state index is 14.1. The number of aliphatic hydroxyl groups excluding tert-OH is 1. The number of ether oxygens (including phenoxy) is 3. The van der Waals surface area contributed by atoms with Gasteiger partial charge >= 0.3 is 0 Å². The summed E-state index contributed by atoms with van der Waals surface area (Å²) < 4.78 is 45.1.